The van der Waals surface area contributed by atoms with Gasteiger partial charge >= 0.3 is 0 Å². The van der Waals surface area contributed by atoms with E-state index in [1.807, 2.05) is 19.1 Å². The first-order chi connectivity index (χ1) is 10.0. The summed E-state index contributed by atoms with van der Waals surface area (Å²) >= 11 is 0. The van der Waals surface area contributed by atoms with Crippen molar-refractivity contribution in [2.75, 3.05) is 13.1 Å². The minimum atomic E-state index is -3.42. The molecule has 0 aromatic heterocycles. The fourth-order valence-corrected chi connectivity index (χ4v) is 4.15. The predicted octanol–water partition coefficient (Wildman–Crippen LogP) is 2.73. The molecule has 1 aliphatic rings. The first-order valence-corrected chi connectivity index (χ1v) is 9.33. The van der Waals surface area contributed by atoms with Crippen molar-refractivity contribution in [3.05, 3.63) is 29.8 Å². The summed E-state index contributed by atoms with van der Waals surface area (Å²) in [6, 6.07) is 7.19. The summed E-state index contributed by atoms with van der Waals surface area (Å²) < 4.78 is 27.7. The number of hydrogen-bond donors (Lipinski definition) is 2. The summed E-state index contributed by atoms with van der Waals surface area (Å²) in [5, 5.41) is 3.33. The standard InChI is InChI=1S/C16H26N2O2S.ClH/c1-3-5-14-7-9-16(10-8-14)21(19,20)18-13(2)15-6-4-11-17-12-15;/h7-10,13,15,17-18H,3-6,11-12H2,1-2H3;1H. The molecule has 1 aromatic rings. The molecule has 6 heteroatoms. The van der Waals surface area contributed by atoms with E-state index in [1.165, 1.54) is 5.56 Å². The highest BCUT2D eigenvalue weighted by Gasteiger charge is 2.24. The molecule has 22 heavy (non-hydrogen) atoms. The number of halogens is 1. The molecule has 0 bridgehead atoms. The maximum absolute atomic E-state index is 12.4. The minimum Gasteiger partial charge on any atom is -0.316 e. The molecule has 1 saturated heterocycles. The topological polar surface area (TPSA) is 58.2 Å². The van der Waals surface area contributed by atoms with Crippen LogP contribution < -0.4 is 10.0 Å². The van der Waals surface area contributed by atoms with E-state index in [0.717, 1.165) is 38.8 Å². The zero-order valence-corrected chi connectivity index (χ0v) is 15.0. The monoisotopic (exact) mass is 346 g/mol. The minimum absolute atomic E-state index is 0. The average molecular weight is 347 g/mol. The molecule has 126 valence electrons. The van der Waals surface area contributed by atoms with Gasteiger partial charge in [-0.2, -0.15) is 0 Å². The van der Waals surface area contributed by atoms with Crippen molar-refractivity contribution < 1.29 is 8.42 Å². The number of piperidine rings is 1. The second-order valence-electron chi connectivity index (χ2n) is 5.91. The molecule has 0 radical (unpaired) electrons. The van der Waals surface area contributed by atoms with Gasteiger partial charge in [0.05, 0.1) is 4.90 Å². The third-order valence-corrected chi connectivity index (χ3v) is 5.73. The first kappa shape index (κ1) is 19.4. The zero-order chi connectivity index (χ0) is 15.3. The Hall–Kier alpha value is -0.620. The fraction of sp³-hybridized carbons (Fsp3) is 0.625. The van der Waals surface area contributed by atoms with Gasteiger partial charge in [0.1, 0.15) is 0 Å². The quantitative estimate of drug-likeness (QED) is 0.832. The lowest BCUT2D eigenvalue weighted by Gasteiger charge is -2.28. The summed E-state index contributed by atoms with van der Waals surface area (Å²) in [6.07, 6.45) is 4.24. The van der Waals surface area contributed by atoms with Crippen molar-refractivity contribution >= 4 is 22.4 Å². The van der Waals surface area contributed by atoms with Gasteiger partial charge in [-0.1, -0.05) is 25.5 Å². The van der Waals surface area contributed by atoms with Gasteiger partial charge in [-0.25, -0.2) is 13.1 Å². The molecule has 2 rings (SSSR count). The highest BCUT2D eigenvalue weighted by molar-refractivity contribution is 7.89. The van der Waals surface area contributed by atoms with Crippen LogP contribution in [0.5, 0.6) is 0 Å². The molecule has 2 unspecified atom stereocenters. The van der Waals surface area contributed by atoms with Crippen LogP contribution >= 0.6 is 12.4 Å². The molecule has 1 fully saturated rings. The van der Waals surface area contributed by atoms with Crippen LogP contribution in [0.4, 0.5) is 0 Å². The molecular weight excluding hydrogens is 320 g/mol. The van der Waals surface area contributed by atoms with Crippen LogP contribution in [0.25, 0.3) is 0 Å². The molecular formula is C16H27ClN2O2S. The number of nitrogens with one attached hydrogen (secondary N) is 2. The van der Waals surface area contributed by atoms with Gasteiger partial charge in [0.2, 0.25) is 10.0 Å². The van der Waals surface area contributed by atoms with Gasteiger partial charge in [-0.3, -0.25) is 0 Å². The normalized spacial score (nSPS) is 20.2. The van der Waals surface area contributed by atoms with Crippen molar-refractivity contribution in [2.24, 2.45) is 5.92 Å². The molecule has 0 aliphatic carbocycles. The van der Waals surface area contributed by atoms with Crippen molar-refractivity contribution in [2.45, 2.75) is 50.5 Å². The Bertz CT molecular complexity index is 540. The molecule has 1 aromatic carbocycles. The van der Waals surface area contributed by atoms with Gasteiger partial charge in [0.15, 0.2) is 0 Å². The van der Waals surface area contributed by atoms with Gasteiger partial charge in [0.25, 0.3) is 0 Å². The Morgan fingerprint density at radius 3 is 2.55 bits per heavy atom. The van der Waals surface area contributed by atoms with Crippen molar-refractivity contribution in [1.82, 2.24) is 10.0 Å². The lowest BCUT2D eigenvalue weighted by molar-refractivity contribution is 0.320. The van der Waals surface area contributed by atoms with Gasteiger partial charge in [0, 0.05) is 6.04 Å². The molecule has 4 nitrogen and oxygen atoms in total. The summed E-state index contributed by atoms with van der Waals surface area (Å²) in [5.41, 5.74) is 1.18. The Morgan fingerprint density at radius 1 is 1.32 bits per heavy atom. The van der Waals surface area contributed by atoms with Crippen LogP contribution in [0.3, 0.4) is 0 Å². The zero-order valence-electron chi connectivity index (χ0n) is 13.3. The van der Waals surface area contributed by atoms with Crippen molar-refractivity contribution in [1.29, 1.82) is 0 Å². The summed E-state index contributed by atoms with van der Waals surface area (Å²) in [7, 11) is -3.42. The Kier molecular flexibility index (Phi) is 7.83. The molecule has 2 atom stereocenters. The molecule has 1 heterocycles. The maximum Gasteiger partial charge on any atom is 0.240 e. The molecule has 2 N–H and O–H groups in total. The second kappa shape index (κ2) is 8.87. The number of sulfonamides is 1. The van der Waals surface area contributed by atoms with Crippen LogP contribution in [0.1, 0.15) is 38.7 Å². The van der Waals surface area contributed by atoms with Gasteiger partial charge in [-0.05, 0) is 62.9 Å². The third-order valence-electron chi connectivity index (χ3n) is 4.16. The third kappa shape index (κ3) is 5.23. The number of aryl methyl sites for hydroxylation is 1. The number of benzene rings is 1. The van der Waals surface area contributed by atoms with E-state index in [1.54, 1.807) is 12.1 Å². The number of hydrogen-bond acceptors (Lipinski definition) is 3. The Morgan fingerprint density at radius 2 is 2.00 bits per heavy atom. The van der Waals surface area contributed by atoms with E-state index in [4.69, 9.17) is 0 Å². The summed E-state index contributed by atoms with van der Waals surface area (Å²) in [6.45, 7) is 6.00. The molecule has 1 aliphatic heterocycles. The van der Waals surface area contributed by atoms with E-state index in [2.05, 4.69) is 17.0 Å². The second-order valence-corrected chi connectivity index (χ2v) is 7.62. The van der Waals surface area contributed by atoms with Crippen LogP contribution in [-0.2, 0) is 16.4 Å². The maximum atomic E-state index is 12.4. The van der Waals surface area contributed by atoms with Crippen molar-refractivity contribution in [3.8, 4) is 0 Å². The predicted molar refractivity (Wildman–Crippen MR) is 93.1 cm³/mol. The van der Waals surface area contributed by atoms with Gasteiger partial charge in [-0.15, -0.1) is 12.4 Å². The van der Waals surface area contributed by atoms with Crippen LogP contribution in [-0.4, -0.2) is 27.5 Å². The van der Waals surface area contributed by atoms with Gasteiger partial charge < -0.3 is 5.32 Å². The largest absolute Gasteiger partial charge is 0.316 e. The summed E-state index contributed by atoms with van der Waals surface area (Å²) in [5.74, 6) is 0.368. The molecule has 0 saturated carbocycles. The molecule has 0 spiro atoms. The first-order valence-electron chi connectivity index (χ1n) is 7.85. The Balaban J connectivity index is 0.00000242. The lowest BCUT2D eigenvalue weighted by atomic mass is 9.94. The van der Waals surface area contributed by atoms with E-state index in [9.17, 15) is 8.42 Å². The van der Waals surface area contributed by atoms with Crippen LogP contribution in [0, 0.1) is 5.92 Å². The fourth-order valence-electron chi connectivity index (χ4n) is 2.84. The molecule has 0 amide bonds. The van der Waals surface area contributed by atoms with E-state index in [0.29, 0.717) is 10.8 Å². The van der Waals surface area contributed by atoms with E-state index in [-0.39, 0.29) is 18.4 Å². The van der Waals surface area contributed by atoms with Crippen LogP contribution in [0.2, 0.25) is 0 Å². The summed E-state index contributed by atoms with van der Waals surface area (Å²) in [4.78, 5) is 0.359. The van der Waals surface area contributed by atoms with E-state index < -0.39 is 10.0 Å². The lowest BCUT2D eigenvalue weighted by Crippen LogP contribution is -2.44. The number of rotatable bonds is 6. The Labute approximate surface area is 140 Å². The van der Waals surface area contributed by atoms with Crippen LogP contribution in [0.15, 0.2) is 29.2 Å². The highest BCUT2D eigenvalue weighted by atomic mass is 35.5. The van der Waals surface area contributed by atoms with Crippen molar-refractivity contribution in [3.63, 3.8) is 0 Å². The SMILES string of the molecule is CCCc1ccc(S(=O)(=O)NC(C)C2CCCNC2)cc1.Cl. The highest BCUT2D eigenvalue weighted by Crippen LogP contribution is 2.17. The smallest absolute Gasteiger partial charge is 0.240 e. The average Bonchev–Trinajstić information content (AvgIpc) is 2.48. The van der Waals surface area contributed by atoms with E-state index >= 15 is 0 Å².